The molecule has 0 saturated heterocycles. The van der Waals surface area contributed by atoms with Gasteiger partial charge in [0.05, 0.1) is 16.4 Å². The normalized spacial score (nSPS) is 11.0. The van der Waals surface area contributed by atoms with Gasteiger partial charge in [-0.3, -0.25) is 4.79 Å². The Hall–Kier alpha value is -2.96. The second-order valence-electron chi connectivity index (χ2n) is 6.25. The molecule has 7 heteroatoms. The molecule has 140 valence electrons. The molecule has 0 amide bonds. The van der Waals surface area contributed by atoms with Crippen LogP contribution in [-0.2, 0) is 0 Å². The first kappa shape index (κ1) is 18.4. The number of nitrogens with zero attached hydrogens (tertiary/aromatic N) is 2. The van der Waals surface area contributed by atoms with Crippen molar-refractivity contribution in [2.24, 2.45) is 0 Å². The van der Waals surface area contributed by atoms with E-state index in [9.17, 15) is 9.59 Å². The fraction of sp³-hybridized carbons (Fsp3) is 0.0952. The van der Waals surface area contributed by atoms with E-state index < -0.39 is 5.97 Å². The number of hydrogen-bond acceptors (Lipinski definition) is 5. The SMILES string of the molecule is CC(=O)c1ccc(OC(=O)c2cc3c(C)nn(-c4ccccc4Cl)c3s2)cc1. The van der Waals surface area contributed by atoms with Crippen LogP contribution in [0.4, 0.5) is 0 Å². The molecule has 0 aliphatic carbocycles. The first-order chi connectivity index (χ1) is 13.4. The quantitative estimate of drug-likeness (QED) is 0.254. The van der Waals surface area contributed by atoms with Gasteiger partial charge >= 0.3 is 5.97 Å². The van der Waals surface area contributed by atoms with Gasteiger partial charge in [-0.15, -0.1) is 11.3 Å². The van der Waals surface area contributed by atoms with Crippen LogP contribution in [0.1, 0.15) is 32.6 Å². The molecular formula is C21H15ClN2O3S. The van der Waals surface area contributed by atoms with Crippen LogP contribution in [0.25, 0.3) is 15.9 Å². The number of rotatable bonds is 4. The number of carbonyl (C=O) groups is 2. The third-order valence-corrected chi connectivity index (χ3v) is 5.71. The summed E-state index contributed by atoms with van der Waals surface area (Å²) in [4.78, 5) is 25.2. The average Bonchev–Trinajstić information content (AvgIpc) is 3.24. The maximum absolute atomic E-state index is 12.6. The van der Waals surface area contributed by atoms with Crippen LogP contribution in [0.5, 0.6) is 5.75 Å². The summed E-state index contributed by atoms with van der Waals surface area (Å²) < 4.78 is 7.19. The molecule has 0 aliphatic rings. The fourth-order valence-corrected chi connectivity index (χ4v) is 4.12. The van der Waals surface area contributed by atoms with Crippen molar-refractivity contribution in [2.45, 2.75) is 13.8 Å². The number of esters is 1. The Morgan fingerprint density at radius 3 is 2.50 bits per heavy atom. The highest BCUT2D eigenvalue weighted by Gasteiger charge is 2.19. The van der Waals surface area contributed by atoms with E-state index in [4.69, 9.17) is 16.3 Å². The van der Waals surface area contributed by atoms with Gasteiger partial charge in [-0.05, 0) is 56.3 Å². The lowest BCUT2D eigenvalue weighted by molar-refractivity contribution is 0.0740. The van der Waals surface area contributed by atoms with E-state index in [0.29, 0.717) is 21.2 Å². The number of thiophene rings is 1. The van der Waals surface area contributed by atoms with Gasteiger partial charge in [0.2, 0.25) is 0 Å². The summed E-state index contributed by atoms with van der Waals surface area (Å²) in [6, 6.07) is 15.7. The van der Waals surface area contributed by atoms with E-state index in [1.54, 1.807) is 41.1 Å². The monoisotopic (exact) mass is 410 g/mol. The maximum Gasteiger partial charge on any atom is 0.353 e. The predicted molar refractivity (Wildman–Crippen MR) is 110 cm³/mol. The minimum Gasteiger partial charge on any atom is -0.422 e. The molecule has 0 radical (unpaired) electrons. The Balaban J connectivity index is 1.66. The van der Waals surface area contributed by atoms with Crippen LogP contribution in [0.2, 0.25) is 5.02 Å². The van der Waals surface area contributed by atoms with Crippen LogP contribution >= 0.6 is 22.9 Å². The van der Waals surface area contributed by atoms with Crippen LogP contribution in [0.15, 0.2) is 54.6 Å². The second-order valence-corrected chi connectivity index (χ2v) is 7.69. The zero-order valence-corrected chi connectivity index (χ0v) is 16.7. The van der Waals surface area contributed by atoms with Crippen molar-refractivity contribution in [3.8, 4) is 11.4 Å². The minimum atomic E-state index is -0.457. The number of ether oxygens (including phenoxy) is 1. The fourth-order valence-electron chi connectivity index (χ4n) is 2.85. The summed E-state index contributed by atoms with van der Waals surface area (Å²) in [6.07, 6.45) is 0. The van der Waals surface area contributed by atoms with Gasteiger partial charge in [0.1, 0.15) is 15.5 Å². The van der Waals surface area contributed by atoms with Crippen molar-refractivity contribution in [3.05, 3.63) is 75.8 Å². The number of para-hydroxylation sites is 1. The molecule has 0 fully saturated rings. The highest BCUT2D eigenvalue weighted by Crippen LogP contribution is 2.33. The Kier molecular flexibility index (Phi) is 4.75. The number of fused-ring (bicyclic) bond motifs is 1. The molecule has 0 N–H and O–H groups in total. The van der Waals surface area contributed by atoms with Gasteiger partial charge in [-0.2, -0.15) is 5.10 Å². The number of ketones is 1. The van der Waals surface area contributed by atoms with Crippen LogP contribution in [0.3, 0.4) is 0 Å². The largest absolute Gasteiger partial charge is 0.422 e. The van der Waals surface area contributed by atoms with Gasteiger partial charge in [-0.1, -0.05) is 23.7 Å². The number of hydrogen-bond donors (Lipinski definition) is 0. The number of aromatic nitrogens is 2. The van der Waals surface area contributed by atoms with E-state index in [1.165, 1.54) is 18.3 Å². The summed E-state index contributed by atoms with van der Waals surface area (Å²) in [5.74, 6) is -0.110. The molecule has 4 rings (SSSR count). The minimum absolute atomic E-state index is 0.0398. The second kappa shape index (κ2) is 7.22. The molecule has 2 aromatic carbocycles. The summed E-state index contributed by atoms with van der Waals surface area (Å²) in [5, 5.41) is 6.01. The molecule has 0 spiro atoms. The number of aryl methyl sites for hydroxylation is 1. The molecule has 0 bridgehead atoms. The lowest BCUT2D eigenvalue weighted by Gasteiger charge is -2.05. The Morgan fingerprint density at radius 1 is 1.11 bits per heavy atom. The van der Waals surface area contributed by atoms with Gasteiger partial charge in [0, 0.05) is 10.9 Å². The maximum atomic E-state index is 12.6. The van der Waals surface area contributed by atoms with E-state index >= 15 is 0 Å². The molecule has 4 aromatic rings. The number of Topliss-reactive ketones (excluding diaryl/α,β-unsaturated/α-hetero) is 1. The summed E-state index contributed by atoms with van der Waals surface area (Å²) >= 11 is 7.61. The summed E-state index contributed by atoms with van der Waals surface area (Å²) in [5.41, 5.74) is 2.12. The van der Waals surface area contributed by atoms with Gasteiger partial charge in [-0.25, -0.2) is 9.48 Å². The number of benzene rings is 2. The Labute approximate surface area is 170 Å². The van der Waals surface area contributed by atoms with Crippen molar-refractivity contribution in [1.82, 2.24) is 9.78 Å². The molecule has 28 heavy (non-hydrogen) atoms. The molecular weight excluding hydrogens is 396 g/mol. The first-order valence-corrected chi connectivity index (χ1v) is 9.71. The predicted octanol–water partition coefficient (Wildman–Crippen LogP) is 5.47. The average molecular weight is 411 g/mol. The number of halogens is 1. The summed E-state index contributed by atoms with van der Waals surface area (Å²) in [6.45, 7) is 3.38. The van der Waals surface area contributed by atoms with Crippen molar-refractivity contribution in [1.29, 1.82) is 0 Å². The third-order valence-electron chi connectivity index (χ3n) is 4.30. The zero-order valence-electron chi connectivity index (χ0n) is 15.1. The van der Waals surface area contributed by atoms with E-state index in [0.717, 1.165) is 21.6 Å². The van der Waals surface area contributed by atoms with Crippen molar-refractivity contribution >= 4 is 44.9 Å². The molecule has 0 unspecified atom stereocenters. The first-order valence-electron chi connectivity index (χ1n) is 8.51. The van der Waals surface area contributed by atoms with Crippen LogP contribution in [-0.4, -0.2) is 21.5 Å². The lowest BCUT2D eigenvalue weighted by Crippen LogP contribution is -2.06. The Bertz CT molecular complexity index is 1210. The van der Waals surface area contributed by atoms with Crippen molar-refractivity contribution in [2.75, 3.05) is 0 Å². The van der Waals surface area contributed by atoms with E-state index in [-0.39, 0.29) is 5.78 Å². The van der Waals surface area contributed by atoms with Crippen LogP contribution < -0.4 is 4.74 Å². The van der Waals surface area contributed by atoms with Crippen molar-refractivity contribution in [3.63, 3.8) is 0 Å². The zero-order chi connectivity index (χ0) is 19.8. The third kappa shape index (κ3) is 3.32. The van der Waals surface area contributed by atoms with Gasteiger partial charge in [0.15, 0.2) is 5.78 Å². The molecule has 2 heterocycles. The molecule has 0 atom stereocenters. The summed E-state index contributed by atoms with van der Waals surface area (Å²) in [7, 11) is 0. The Morgan fingerprint density at radius 2 is 1.82 bits per heavy atom. The van der Waals surface area contributed by atoms with E-state index in [2.05, 4.69) is 5.10 Å². The van der Waals surface area contributed by atoms with Gasteiger partial charge in [0.25, 0.3) is 0 Å². The highest BCUT2D eigenvalue weighted by molar-refractivity contribution is 7.20. The lowest BCUT2D eigenvalue weighted by atomic mass is 10.1. The standard InChI is InChI=1S/C21H15ClN2O3S/c1-12-16-11-19(21(26)27-15-9-7-14(8-10-15)13(2)25)28-20(16)24(23-12)18-6-4-3-5-17(18)22/h3-11H,1-2H3. The molecule has 0 saturated carbocycles. The molecule has 0 aliphatic heterocycles. The van der Waals surface area contributed by atoms with E-state index in [1.807, 2.05) is 25.1 Å². The van der Waals surface area contributed by atoms with Gasteiger partial charge < -0.3 is 4.74 Å². The molecule has 5 nitrogen and oxygen atoms in total. The number of carbonyl (C=O) groups excluding carboxylic acids is 2. The van der Waals surface area contributed by atoms with Crippen LogP contribution in [0, 0.1) is 6.92 Å². The smallest absolute Gasteiger partial charge is 0.353 e. The molecule has 2 aromatic heterocycles. The highest BCUT2D eigenvalue weighted by atomic mass is 35.5. The topological polar surface area (TPSA) is 61.2 Å². The van der Waals surface area contributed by atoms with Crippen molar-refractivity contribution < 1.29 is 14.3 Å².